The van der Waals surface area contributed by atoms with Gasteiger partial charge in [0.05, 0.1) is 16.0 Å². The van der Waals surface area contributed by atoms with Crippen molar-refractivity contribution < 1.29 is 9.59 Å². The van der Waals surface area contributed by atoms with Crippen LogP contribution in [0.25, 0.3) is 0 Å². The van der Waals surface area contributed by atoms with Crippen LogP contribution in [-0.4, -0.2) is 21.4 Å². The average Bonchev–Trinajstić information content (AvgIpc) is 2.61. The summed E-state index contributed by atoms with van der Waals surface area (Å²) in [5.41, 5.74) is 0.537. The van der Waals surface area contributed by atoms with E-state index in [-0.39, 0.29) is 18.2 Å². The topological polar surface area (TPSA) is 58.2 Å². The molecular weight excluding hydrogens is 292 g/mol. The normalized spacial score (nSPS) is 18.6. The van der Waals surface area contributed by atoms with E-state index >= 15 is 0 Å². The maximum atomic E-state index is 11.8. The summed E-state index contributed by atoms with van der Waals surface area (Å²) in [6.45, 7) is 0. The van der Waals surface area contributed by atoms with Gasteiger partial charge in [0.2, 0.25) is 11.8 Å². The largest absolute Gasteiger partial charge is 0.325 e. The Morgan fingerprint density at radius 2 is 2.22 bits per heavy atom. The number of hydrogen-bond acceptors (Lipinski definition) is 4. The van der Waals surface area contributed by atoms with Crippen LogP contribution < -0.4 is 10.6 Å². The van der Waals surface area contributed by atoms with Crippen LogP contribution >= 0.6 is 35.6 Å². The van der Waals surface area contributed by atoms with Gasteiger partial charge in [-0.2, -0.15) is 0 Å². The molecule has 4 nitrogen and oxygen atoms in total. The second-order valence-corrected chi connectivity index (χ2v) is 5.90. The lowest BCUT2D eigenvalue weighted by molar-refractivity contribution is -0.122. The van der Waals surface area contributed by atoms with Crippen LogP contribution in [0.5, 0.6) is 0 Å². The summed E-state index contributed by atoms with van der Waals surface area (Å²) in [6, 6.07) is 6.93. The third kappa shape index (κ3) is 3.22. The molecule has 1 aliphatic heterocycles. The van der Waals surface area contributed by atoms with Gasteiger partial charge < -0.3 is 10.6 Å². The summed E-state index contributed by atoms with van der Waals surface area (Å²) in [5.74, 6) is -0.486. The zero-order valence-electron chi connectivity index (χ0n) is 9.10. The van der Waals surface area contributed by atoms with E-state index in [2.05, 4.69) is 10.6 Å². The number of carbonyl (C=O) groups excluding carboxylic acids is 2. The molecule has 0 unspecified atom stereocenters. The molecule has 1 aliphatic rings. The Bertz CT molecular complexity index is 522. The average molecular weight is 301 g/mol. The highest BCUT2D eigenvalue weighted by atomic mass is 35.5. The number of carbonyl (C=O) groups is 2. The fraction of sp³-hybridized carbons (Fsp3) is 0.182. The Labute approximate surface area is 118 Å². The molecular formula is C11H9ClN2O2S2. The van der Waals surface area contributed by atoms with Gasteiger partial charge in [0.1, 0.15) is 4.32 Å². The van der Waals surface area contributed by atoms with Gasteiger partial charge in [-0.3, -0.25) is 9.59 Å². The van der Waals surface area contributed by atoms with Crippen molar-refractivity contribution in [1.82, 2.24) is 5.32 Å². The number of rotatable bonds is 3. The van der Waals surface area contributed by atoms with E-state index in [1.807, 2.05) is 0 Å². The van der Waals surface area contributed by atoms with Crippen LogP contribution in [0.2, 0.25) is 5.02 Å². The summed E-state index contributed by atoms with van der Waals surface area (Å²) in [7, 11) is 0. The van der Waals surface area contributed by atoms with Gasteiger partial charge in [-0.15, -0.1) is 0 Å². The highest BCUT2D eigenvalue weighted by Gasteiger charge is 2.30. The maximum absolute atomic E-state index is 11.8. The molecule has 0 spiro atoms. The third-order valence-electron chi connectivity index (χ3n) is 2.29. The maximum Gasteiger partial charge on any atom is 0.239 e. The molecule has 1 heterocycles. The molecule has 0 radical (unpaired) electrons. The molecule has 18 heavy (non-hydrogen) atoms. The highest BCUT2D eigenvalue weighted by molar-refractivity contribution is 8.24. The Morgan fingerprint density at radius 3 is 2.83 bits per heavy atom. The van der Waals surface area contributed by atoms with Crippen molar-refractivity contribution in [3.63, 3.8) is 0 Å². The summed E-state index contributed by atoms with van der Waals surface area (Å²) in [4.78, 5) is 23.2. The molecule has 7 heteroatoms. The standard InChI is InChI=1S/C11H9ClN2O2S2/c12-6-3-1-2-4-7(6)13-9(15)5-8-10(16)14-11(17)18-8/h1-4,8H,5H2,(H,13,15)(H,14,16,17)/t8-/m1/s1. The Morgan fingerprint density at radius 1 is 1.50 bits per heavy atom. The van der Waals surface area contributed by atoms with Gasteiger partial charge in [-0.1, -0.05) is 47.7 Å². The quantitative estimate of drug-likeness (QED) is 0.840. The second kappa shape index (κ2) is 5.69. The van der Waals surface area contributed by atoms with Crippen molar-refractivity contribution in [2.75, 3.05) is 5.32 Å². The fourth-order valence-electron chi connectivity index (χ4n) is 1.46. The first-order chi connectivity index (χ1) is 8.56. The van der Waals surface area contributed by atoms with E-state index < -0.39 is 5.25 Å². The van der Waals surface area contributed by atoms with Crippen molar-refractivity contribution in [1.29, 1.82) is 0 Å². The number of para-hydroxylation sites is 1. The van der Waals surface area contributed by atoms with E-state index in [4.69, 9.17) is 23.8 Å². The van der Waals surface area contributed by atoms with Gasteiger partial charge in [-0.05, 0) is 12.1 Å². The number of hydrogen-bond donors (Lipinski definition) is 2. The lowest BCUT2D eigenvalue weighted by atomic mass is 10.2. The third-order valence-corrected chi connectivity index (χ3v) is 3.99. The number of halogens is 1. The summed E-state index contributed by atoms with van der Waals surface area (Å²) >= 11 is 12.0. The molecule has 0 aromatic heterocycles. The predicted octanol–water partition coefficient (Wildman–Crippen LogP) is 2.19. The summed E-state index contributed by atoms with van der Waals surface area (Å²) in [5, 5.41) is 5.17. The Balaban J connectivity index is 1.95. The SMILES string of the molecule is O=C(C[C@H]1SC(=S)NC1=O)Nc1ccccc1Cl. The smallest absolute Gasteiger partial charge is 0.239 e. The lowest BCUT2D eigenvalue weighted by Gasteiger charge is -2.08. The van der Waals surface area contributed by atoms with Crippen molar-refractivity contribution >= 4 is 57.4 Å². The van der Waals surface area contributed by atoms with E-state index in [1.165, 1.54) is 11.8 Å². The monoisotopic (exact) mass is 300 g/mol. The van der Waals surface area contributed by atoms with Crippen molar-refractivity contribution in [2.24, 2.45) is 0 Å². The van der Waals surface area contributed by atoms with Crippen molar-refractivity contribution in [3.8, 4) is 0 Å². The van der Waals surface area contributed by atoms with E-state index in [9.17, 15) is 9.59 Å². The first-order valence-electron chi connectivity index (χ1n) is 5.12. The molecule has 1 atom stereocenters. The molecule has 2 N–H and O–H groups in total. The van der Waals surface area contributed by atoms with E-state index in [0.29, 0.717) is 15.0 Å². The minimum Gasteiger partial charge on any atom is -0.325 e. The van der Waals surface area contributed by atoms with Crippen LogP contribution in [0.15, 0.2) is 24.3 Å². The number of anilines is 1. The molecule has 1 aromatic carbocycles. The van der Waals surface area contributed by atoms with Gasteiger partial charge in [0.25, 0.3) is 0 Å². The molecule has 94 valence electrons. The highest BCUT2D eigenvalue weighted by Crippen LogP contribution is 2.24. The van der Waals surface area contributed by atoms with Crippen LogP contribution in [0.1, 0.15) is 6.42 Å². The van der Waals surface area contributed by atoms with Crippen LogP contribution in [0, 0.1) is 0 Å². The van der Waals surface area contributed by atoms with Crippen molar-refractivity contribution in [3.05, 3.63) is 29.3 Å². The molecule has 1 fully saturated rings. The number of amides is 2. The molecule has 1 aromatic rings. The summed E-state index contributed by atoms with van der Waals surface area (Å²) in [6.07, 6.45) is 0.0713. The first-order valence-corrected chi connectivity index (χ1v) is 6.78. The Hall–Kier alpha value is -1.11. The lowest BCUT2D eigenvalue weighted by Crippen LogP contribution is -2.27. The molecule has 0 aliphatic carbocycles. The number of benzene rings is 1. The molecule has 1 saturated heterocycles. The summed E-state index contributed by atoms with van der Waals surface area (Å²) < 4.78 is 0.413. The van der Waals surface area contributed by atoms with Gasteiger partial charge >= 0.3 is 0 Å². The van der Waals surface area contributed by atoms with Crippen LogP contribution in [0.4, 0.5) is 5.69 Å². The zero-order chi connectivity index (χ0) is 13.1. The van der Waals surface area contributed by atoms with Gasteiger partial charge in [0.15, 0.2) is 0 Å². The van der Waals surface area contributed by atoms with Crippen LogP contribution in [0.3, 0.4) is 0 Å². The Kier molecular flexibility index (Phi) is 4.21. The van der Waals surface area contributed by atoms with Gasteiger partial charge in [-0.25, -0.2) is 0 Å². The number of thiocarbonyl (C=S) groups is 1. The minimum atomic E-state index is -0.458. The minimum absolute atomic E-state index is 0.0713. The first kappa shape index (κ1) is 13.3. The predicted molar refractivity (Wildman–Crippen MR) is 76.8 cm³/mol. The van der Waals surface area contributed by atoms with E-state index in [1.54, 1.807) is 24.3 Å². The molecule has 0 bridgehead atoms. The fourth-order valence-corrected chi connectivity index (χ4v) is 2.91. The van der Waals surface area contributed by atoms with Crippen LogP contribution in [-0.2, 0) is 9.59 Å². The van der Waals surface area contributed by atoms with Crippen molar-refractivity contribution in [2.45, 2.75) is 11.7 Å². The second-order valence-electron chi connectivity index (χ2n) is 3.62. The molecule has 2 amide bonds. The number of nitrogens with one attached hydrogen (secondary N) is 2. The number of thioether (sulfide) groups is 1. The zero-order valence-corrected chi connectivity index (χ0v) is 11.5. The molecule has 0 saturated carbocycles. The molecule has 2 rings (SSSR count). The van der Waals surface area contributed by atoms with E-state index in [0.717, 1.165) is 0 Å². The van der Waals surface area contributed by atoms with Gasteiger partial charge in [0, 0.05) is 6.42 Å².